The van der Waals surface area contributed by atoms with Crippen molar-refractivity contribution < 1.29 is 14.7 Å². The predicted molar refractivity (Wildman–Crippen MR) is 60.2 cm³/mol. The number of hydrogen-bond acceptors (Lipinski definition) is 2. The van der Waals surface area contributed by atoms with Crippen LogP contribution in [0.25, 0.3) is 0 Å². The number of nitrogens with zero attached hydrogens (tertiary/aromatic N) is 1. The molecule has 0 aliphatic carbocycles. The lowest BCUT2D eigenvalue weighted by Crippen LogP contribution is -2.57. The summed E-state index contributed by atoms with van der Waals surface area (Å²) in [5.74, 6) is -1.19. The number of hydrogen-bond donors (Lipinski definition) is 2. The summed E-state index contributed by atoms with van der Waals surface area (Å²) in [6.07, 6.45) is 2.92. The smallest absolute Gasteiger partial charge is 0.317 e. The molecule has 0 aromatic rings. The van der Waals surface area contributed by atoms with E-state index < -0.39 is 5.97 Å². The van der Waals surface area contributed by atoms with Crippen LogP contribution < -0.4 is 5.32 Å². The van der Waals surface area contributed by atoms with Gasteiger partial charge in [0, 0.05) is 19.1 Å². The zero-order chi connectivity index (χ0) is 12.1. The summed E-state index contributed by atoms with van der Waals surface area (Å²) < 4.78 is 0. The van der Waals surface area contributed by atoms with Crippen LogP contribution in [0.1, 0.15) is 33.1 Å². The number of nitrogens with one attached hydrogen (secondary N) is 1. The van der Waals surface area contributed by atoms with Gasteiger partial charge in [-0.2, -0.15) is 0 Å². The van der Waals surface area contributed by atoms with Crippen molar-refractivity contribution >= 4 is 12.0 Å². The average Bonchev–Trinajstić information content (AvgIpc) is 2.13. The molecular formula is C11H20N2O3. The van der Waals surface area contributed by atoms with Gasteiger partial charge in [-0.1, -0.05) is 20.3 Å². The maximum Gasteiger partial charge on any atom is 0.317 e. The van der Waals surface area contributed by atoms with Gasteiger partial charge in [0.1, 0.15) is 0 Å². The first-order valence-electron chi connectivity index (χ1n) is 5.86. The molecule has 2 N–H and O–H groups in total. The van der Waals surface area contributed by atoms with Gasteiger partial charge in [0.15, 0.2) is 0 Å². The molecule has 5 heteroatoms. The Balaban J connectivity index is 2.29. The van der Waals surface area contributed by atoms with E-state index in [9.17, 15) is 9.59 Å². The molecule has 1 aliphatic rings. The van der Waals surface area contributed by atoms with Crippen LogP contribution in [0.15, 0.2) is 0 Å². The van der Waals surface area contributed by atoms with E-state index in [0.29, 0.717) is 13.1 Å². The average molecular weight is 228 g/mol. The molecule has 0 bridgehead atoms. The van der Waals surface area contributed by atoms with Gasteiger partial charge in [0.25, 0.3) is 0 Å². The molecule has 0 spiro atoms. The van der Waals surface area contributed by atoms with Crippen molar-refractivity contribution in [1.29, 1.82) is 0 Å². The molecule has 1 aliphatic heterocycles. The van der Waals surface area contributed by atoms with Crippen LogP contribution in [0.4, 0.5) is 4.79 Å². The Morgan fingerprint density at radius 1 is 1.44 bits per heavy atom. The summed E-state index contributed by atoms with van der Waals surface area (Å²) in [5.41, 5.74) is 0. The molecule has 0 aromatic heterocycles. The topological polar surface area (TPSA) is 69.6 Å². The fourth-order valence-electron chi connectivity index (χ4n) is 1.79. The SMILES string of the molecule is CCCC(CC)NC(=O)N1CC(C(=O)O)C1. The van der Waals surface area contributed by atoms with E-state index >= 15 is 0 Å². The van der Waals surface area contributed by atoms with Crippen LogP contribution in [-0.4, -0.2) is 41.1 Å². The number of carbonyl (C=O) groups excluding carboxylic acids is 1. The molecule has 1 heterocycles. The van der Waals surface area contributed by atoms with Gasteiger partial charge >= 0.3 is 12.0 Å². The zero-order valence-electron chi connectivity index (χ0n) is 9.90. The minimum Gasteiger partial charge on any atom is -0.481 e. The van der Waals surface area contributed by atoms with E-state index in [1.807, 2.05) is 6.92 Å². The Bertz CT molecular complexity index is 262. The molecule has 0 saturated carbocycles. The van der Waals surface area contributed by atoms with Crippen LogP contribution in [0.2, 0.25) is 0 Å². The third-order valence-corrected chi connectivity index (χ3v) is 2.98. The summed E-state index contributed by atoms with van der Waals surface area (Å²) in [6, 6.07) is 0.0826. The molecule has 16 heavy (non-hydrogen) atoms. The number of rotatable bonds is 5. The third kappa shape index (κ3) is 3.12. The standard InChI is InChI=1S/C11H20N2O3/c1-3-5-9(4-2)12-11(16)13-6-8(7-13)10(14)15/h8-9H,3-7H2,1-2H3,(H,12,16)(H,14,15). The molecular weight excluding hydrogens is 208 g/mol. The highest BCUT2D eigenvalue weighted by Crippen LogP contribution is 2.15. The van der Waals surface area contributed by atoms with Gasteiger partial charge in [0.2, 0.25) is 0 Å². The second-order valence-electron chi connectivity index (χ2n) is 4.28. The number of aliphatic carboxylic acids is 1. The largest absolute Gasteiger partial charge is 0.481 e. The lowest BCUT2D eigenvalue weighted by Gasteiger charge is -2.37. The monoisotopic (exact) mass is 228 g/mol. The summed E-state index contributed by atoms with van der Waals surface area (Å²) in [5, 5.41) is 11.6. The summed E-state index contributed by atoms with van der Waals surface area (Å²) in [4.78, 5) is 23.8. The molecule has 1 saturated heterocycles. The Kier molecular flexibility index (Phi) is 4.58. The van der Waals surface area contributed by atoms with Crippen molar-refractivity contribution in [2.75, 3.05) is 13.1 Å². The van der Waals surface area contributed by atoms with Crippen molar-refractivity contribution in [1.82, 2.24) is 10.2 Å². The van der Waals surface area contributed by atoms with Gasteiger partial charge in [-0.05, 0) is 12.8 Å². The maximum absolute atomic E-state index is 11.7. The van der Waals surface area contributed by atoms with Gasteiger partial charge < -0.3 is 15.3 Å². The van der Waals surface area contributed by atoms with Crippen molar-refractivity contribution in [3.8, 4) is 0 Å². The van der Waals surface area contributed by atoms with E-state index in [0.717, 1.165) is 19.3 Å². The van der Waals surface area contributed by atoms with Crippen LogP contribution in [0.5, 0.6) is 0 Å². The van der Waals surface area contributed by atoms with Crippen molar-refractivity contribution in [2.45, 2.75) is 39.2 Å². The Morgan fingerprint density at radius 3 is 2.50 bits per heavy atom. The first kappa shape index (κ1) is 12.8. The molecule has 1 unspecified atom stereocenters. The first-order chi connectivity index (χ1) is 7.58. The molecule has 0 aromatic carbocycles. The minimum absolute atomic E-state index is 0.127. The third-order valence-electron chi connectivity index (χ3n) is 2.98. The minimum atomic E-state index is -0.815. The summed E-state index contributed by atoms with van der Waals surface area (Å²) in [6.45, 7) is 4.79. The number of urea groups is 1. The summed E-state index contributed by atoms with van der Waals surface area (Å²) in [7, 11) is 0. The number of carboxylic acid groups (broad SMARTS) is 1. The fraction of sp³-hybridized carbons (Fsp3) is 0.818. The Morgan fingerprint density at radius 2 is 2.06 bits per heavy atom. The summed E-state index contributed by atoms with van der Waals surface area (Å²) >= 11 is 0. The predicted octanol–water partition coefficient (Wildman–Crippen LogP) is 1.29. The molecule has 1 fully saturated rings. The Hall–Kier alpha value is -1.26. The number of likely N-dealkylation sites (tertiary alicyclic amines) is 1. The van der Waals surface area contributed by atoms with Gasteiger partial charge in [0.05, 0.1) is 5.92 Å². The van der Waals surface area contributed by atoms with E-state index in [1.165, 1.54) is 0 Å². The molecule has 2 amide bonds. The van der Waals surface area contributed by atoms with Gasteiger partial charge in [-0.3, -0.25) is 4.79 Å². The number of amides is 2. The van der Waals surface area contributed by atoms with Gasteiger partial charge in [-0.25, -0.2) is 4.79 Å². The first-order valence-corrected chi connectivity index (χ1v) is 5.86. The zero-order valence-corrected chi connectivity index (χ0v) is 9.90. The van der Waals surface area contributed by atoms with Crippen LogP contribution >= 0.6 is 0 Å². The number of carbonyl (C=O) groups is 2. The molecule has 5 nitrogen and oxygen atoms in total. The quantitative estimate of drug-likeness (QED) is 0.745. The van der Waals surface area contributed by atoms with Crippen LogP contribution in [-0.2, 0) is 4.79 Å². The van der Waals surface area contributed by atoms with E-state index in [4.69, 9.17) is 5.11 Å². The molecule has 1 rings (SSSR count). The second-order valence-corrected chi connectivity index (χ2v) is 4.28. The van der Waals surface area contributed by atoms with E-state index in [2.05, 4.69) is 12.2 Å². The highest BCUT2D eigenvalue weighted by molar-refractivity contribution is 5.79. The lowest BCUT2D eigenvalue weighted by atomic mass is 10.0. The van der Waals surface area contributed by atoms with Crippen molar-refractivity contribution in [3.05, 3.63) is 0 Å². The normalized spacial score (nSPS) is 17.8. The van der Waals surface area contributed by atoms with Crippen LogP contribution in [0, 0.1) is 5.92 Å². The highest BCUT2D eigenvalue weighted by atomic mass is 16.4. The van der Waals surface area contributed by atoms with Crippen molar-refractivity contribution in [3.63, 3.8) is 0 Å². The fourth-order valence-corrected chi connectivity index (χ4v) is 1.79. The number of carboxylic acids is 1. The van der Waals surface area contributed by atoms with E-state index in [1.54, 1.807) is 4.90 Å². The molecule has 1 atom stereocenters. The van der Waals surface area contributed by atoms with Gasteiger partial charge in [-0.15, -0.1) is 0 Å². The highest BCUT2D eigenvalue weighted by Gasteiger charge is 2.35. The van der Waals surface area contributed by atoms with Crippen molar-refractivity contribution in [2.24, 2.45) is 5.92 Å². The second kappa shape index (κ2) is 5.72. The molecule has 0 radical (unpaired) electrons. The van der Waals surface area contributed by atoms with Crippen LogP contribution in [0.3, 0.4) is 0 Å². The maximum atomic E-state index is 11.7. The molecule has 92 valence electrons. The Labute approximate surface area is 95.8 Å². The van der Waals surface area contributed by atoms with E-state index in [-0.39, 0.29) is 18.0 Å². The lowest BCUT2D eigenvalue weighted by molar-refractivity contribution is -0.146.